The zero-order valence-electron chi connectivity index (χ0n) is 17.3. The first kappa shape index (κ1) is 20.9. The van der Waals surface area contributed by atoms with Gasteiger partial charge in [0, 0.05) is 76.8 Å². The SMILES string of the molecule is Cc1cccc(CN2CCNCCN(Cc3cccc(C)n3)CCNCC2)n1. The minimum atomic E-state index is 0.913. The van der Waals surface area contributed by atoms with Gasteiger partial charge in [0.25, 0.3) is 0 Å². The number of aryl methyl sites for hydroxylation is 2. The standard InChI is InChI=1S/C22H34N6/c1-19-5-3-7-21(25-19)17-27-13-9-23-11-15-28(16-12-24-10-14-27)18-22-8-4-6-20(2)26-22/h3-8,23-24H,9-18H2,1-2H3. The van der Waals surface area contributed by atoms with Crippen LogP contribution >= 0.6 is 0 Å². The van der Waals surface area contributed by atoms with Gasteiger partial charge in [-0.1, -0.05) is 12.1 Å². The lowest BCUT2D eigenvalue weighted by Gasteiger charge is -2.26. The molecule has 3 rings (SSSR count). The highest BCUT2D eigenvalue weighted by atomic mass is 15.2. The smallest absolute Gasteiger partial charge is 0.0547 e. The van der Waals surface area contributed by atoms with E-state index < -0.39 is 0 Å². The zero-order chi connectivity index (χ0) is 19.6. The van der Waals surface area contributed by atoms with Crippen LogP contribution in [0, 0.1) is 13.8 Å². The summed E-state index contributed by atoms with van der Waals surface area (Å²) in [6, 6.07) is 12.6. The van der Waals surface area contributed by atoms with Gasteiger partial charge in [-0.25, -0.2) is 0 Å². The van der Waals surface area contributed by atoms with Gasteiger partial charge in [0.2, 0.25) is 0 Å². The molecule has 0 spiro atoms. The normalized spacial score (nSPS) is 18.4. The fourth-order valence-corrected chi connectivity index (χ4v) is 3.57. The van der Waals surface area contributed by atoms with Crippen LogP contribution in [-0.2, 0) is 13.1 Å². The molecule has 2 aromatic rings. The Balaban J connectivity index is 1.49. The Bertz CT molecular complexity index is 646. The van der Waals surface area contributed by atoms with Crippen molar-refractivity contribution in [1.29, 1.82) is 0 Å². The van der Waals surface area contributed by atoms with Gasteiger partial charge in [0.1, 0.15) is 0 Å². The van der Waals surface area contributed by atoms with E-state index in [1.165, 1.54) is 0 Å². The molecule has 0 amide bonds. The van der Waals surface area contributed by atoms with Crippen molar-refractivity contribution < 1.29 is 0 Å². The van der Waals surface area contributed by atoms with Crippen molar-refractivity contribution in [3.8, 4) is 0 Å². The van der Waals surface area contributed by atoms with E-state index >= 15 is 0 Å². The van der Waals surface area contributed by atoms with Crippen molar-refractivity contribution in [2.24, 2.45) is 0 Å². The number of hydrogen-bond acceptors (Lipinski definition) is 6. The molecule has 0 bridgehead atoms. The van der Waals surface area contributed by atoms with E-state index in [1.807, 2.05) is 0 Å². The maximum Gasteiger partial charge on any atom is 0.0547 e. The van der Waals surface area contributed by atoms with Crippen LogP contribution in [0.5, 0.6) is 0 Å². The maximum absolute atomic E-state index is 4.66. The lowest BCUT2D eigenvalue weighted by Crippen LogP contribution is -2.43. The Morgan fingerprint density at radius 1 is 0.679 bits per heavy atom. The Labute approximate surface area is 169 Å². The lowest BCUT2D eigenvalue weighted by atomic mass is 10.2. The number of aromatic nitrogens is 2. The van der Waals surface area contributed by atoms with Crippen LogP contribution in [0.25, 0.3) is 0 Å². The fourth-order valence-electron chi connectivity index (χ4n) is 3.57. The van der Waals surface area contributed by atoms with Crippen LogP contribution in [0.15, 0.2) is 36.4 Å². The summed E-state index contributed by atoms with van der Waals surface area (Å²) in [5, 5.41) is 7.23. The number of nitrogens with one attached hydrogen (secondary N) is 2. The summed E-state index contributed by atoms with van der Waals surface area (Å²) in [7, 11) is 0. The minimum absolute atomic E-state index is 0.913. The molecule has 3 heterocycles. The Hall–Kier alpha value is -1.86. The molecule has 6 heteroatoms. The highest BCUT2D eigenvalue weighted by molar-refractivity contribution is 5.10. The summed E-state index contributed by atoms with van der Waals surface area (Å²) in [6.07, 6.45) is 0. The van der Waals surface area contributed by atoms with Gasteiger partial charge < -0.3 is 10.6 Å². The van der Waals surface area contributed by atoms with Crippen LogP contribution < -0.4 is 10.6 Å². The molecule has 0 radical (unpaired) electrons. The Morgan fingerprint density at radius 3 is 1.43 bits per heavy atom. The molecule has 0 aliphatic carbocycles. The summed E-state index contributed by atoms with van der Waals surface area (Å²) in [4.78, 5) is 14.3. The first-order valence-electron chi connectivity index (χ1n) is 10.4. The molecule has 6 nitrogen and oxygen atoms in total. The molecule has 0 saturated carbocycles. The van der Waals surface area contributed by atoms with Gasteiger partial charge in [-0.05, 0) is 38.1 Å². The van der Waals surface area contributed by atoms with Crippen LogP contribution in [-0.4, -0.2) is 72.1 Å². The number of nitrogens with zero attached hydrogens (tertiary/aromatic N) is 4. The molecular formula is C22H34N6. The van der Waals surface area contributed by atoms with Crippen LogP contribution in [0.3, 0.4) is 0 Å². The van der Waals surface area contributed by atoms with Crippen molar-refractivity contribution in [2.45, 2.75) is 26.9 Å². The topological polar surface area (TPSA) is 56.3 Å². The van der Waals surface area contributed by atoms with Crippen molar-refractivity contribution in [3.05, 3.63) is 59.2 Å². The molecule has 28 heavy (non-hydrogen) atoms. The van der Waals surface area contributed by atoms with Gasteiger partial charge in [-0.3, -0.25) is 19.8 Å². The third kappa shape index (κ3) is 7.28. The summed E-state index contributed by atoms with van der Waals surface area (Å²) in [5.41, 5.74) is 4.49. The van der Waals surface area contributed by atoms with Crippen molar-refractivity contribution in [2.75, 3.05) is 52.4 Å². The predicted octanol–water partition coefficient (Wildman–Crippen LogP) is 1.59. The van der Waals surface area contributed by atoms with Gasteiger partial charge in [0.15, 0.2) is 0 Å². The van der Waals surface area contributed by atoms with E-state index in [1.54, 1.807) is 0 Å². The van der Waals surface area contributed by atoms with Gasteiger partial charge in [0.05, 0.1) is 11.4 Å². The molecule has 1 saturated heterocycles. The Kier molecular flexibility index (Phi) is 8.36. The summed E-state index contributed by atoms with van der Waals surface area (Å²) >= 11 is 0. The predicted molar refractivity (Wildman–Crippen MR) is 114 cm³/mol. The highest BCUT2D eigenvalue weighted by Gasteiger charge is 2.11. The van der Waals surface area contributed by atoms with E-state index in [0.717, 1.165) is 88.2 Å². The first-order chi connectivity index (χ1) is 13.7. The number of hydrogen-bond donors (Lipinski definition) is 2. The number of rotatable bonds is 4. The second-order valence-electron chi connectivity index (χ2n) is 7.59. The van der Waals surface area contributed by atoms with Crippen LogP contribution in [0.1, 0.15) is 22.8 Å². The molecular weight excluding hydrogens is 348 g/mol. The third-order valence-corrected chi connectivity index (χ3v) is 5.08. The highest BCUT2D eigenvalue weighted by Crippen LogP contribution is 2.05. The van der Waals surface area contributed by atoms with E-state index in [-0.39, 0.29) is 0 Å². The van der Waals surface area contributed by atoms with Crippen LogP contribution in [0.2, 0.25) is 0 Å². The quantitative estimate of drug-likeness (QED) is 0.838. The van der Waals surface area contributed by atoms with Crippen molar-refractivity contribution >= 4 is 0 Å². The molecule has 1 aliphatic heterocycles. The monoisotopic (exact) mass is 382 g/mol. The minimum Gasteiger partial charge on any atom is -0.314 e. The average molecular weight is 383 g/mol. The molecule has 1 aliphatic rings. The largest absolute Gasteiger partial charge is 0.314 e. The Morgan fingerprint density at radius 2 is 1.07 bits per heavy atom. The van der Waals surface area contributed by atoms with Gasteiger partial charge in [-0.15, -0.1) is 0 Å². The summed E-state index contributed by atoms with van der Waals surface area (Å²) in [6.45, 7) is 14.1. The molecule has 2 aromatic heterocycles. The third-order valence-electron chi connectivity index (χ3n) is 5.08. The molecule has 2 N–H and O–H groups in total. The van der Waals surface area contributed by atoms with E-state index in [4.69, 9.17) is 0 Å². The van der Waals surface area contributed by atoms with Crippen molar-refractivity contribution in [1.82, 2.24) is 30.4 Å². The van der Waals surface area contributed by atoms with E-state index in [9.17, 15) is 0 Å². The molecule has 152 valence electrons. The maximum atomic E-state index is 4.66. The lowest BCUT2D eigenvalue weighted by molar-refractivity contribution is 0.230. The van der Waals surface area contributed by atoms with Crippen LogP contribution in [0.4, 0.5) is 0 Å². The van der Waals surface area contributed by atoms with Gasteiger partial charge >= 0.3 is 0 Å². The first-order valence-corrected chi connectivity index (χ1v) is 10.4. The van der Waals surface area contributed by atoms with Gasteiger partial charge in [-0.2, -0.15) is 0 Å². The number of pyridine rings is 2. The fraction of sp³-hybridized carbons (Fsp3) is 0.545. The van der Waals surface area contributed by atoms with Crippen molar-refractivity contribution in [3.63, 3.8) is 0 Å². The molecule has 0 unspecified atom stereocenters. The molecule has 0 atom stereocenters. The zero-order valence-corrected chi connectivity index (χ0v) is 17.3. The van der Waals surface area contributed by atoms with E-state index in [0.29, 0.717) is 0 Å². The molecule has 1 fully saturated rings. The molecule has 0 aromatic carbocycles. The summed E-state index contributed by atoms with van der Waals surface area (Å²) in [5.74, 6) is 0. The second kappa shape index (κ2) is 11.2. The average Bonchev–Trinajstić information content (AvgIpc) is 2.65. The second-order valence-corrected chi connectivity index (χ2v) is 7.59. The van der Waals surface area contributed by atoms with E-state index in [2.05, 4.69) is 80.6 Å². The summed E-state index contributed by atoms with van der Waals surface area (Å²) < 4.78 is 0.